The van der Waals surface area contributed by atoms with Crippen molar-refractivity contribution in [2.45, 2.75) is 30.5 Å². The molecule has 1 amide bonds. The fourth-order valence-electron chi connectivity index (χ4n) is 2.27. The number of aromatic amines is 1. The first kappa shape index (κ1) is 16.1. The Bertz CT molecular complexity index is 754. The van der Waals surface area contributed by atoms with Crippen LogP contribution in [-0.2, 0) is 11.2 Å². The molecule has 122 valence electrons. The fraction of sp³-hybridized carbons (Fsp3) is 0.400. The van der Waals surface area contributed by atoms with Crippen molar-refractivity contribution in [2.75, 3.05) is 12.3 Å². The molecule has 0 aliphatic heterocycles. The highest BCUT2D eigenvalue weighted by Crippen LogP contribution is 2.35. The van der Waals surface area contributed by atoms with E-state index in [2.05, 4.69) is 15.5 Å². The number of halogens is 1. The highest BCUT2D eigenvalue weighted by atomic mass is 35.5. The van der Waals surface area contributed by atoms with Gasteiger partial charge in [-0.05, 0) is 37.0 Å². The summed E-state index contributed by atoms with van der Waals surface area (Å²) in [7, 11) is 0. The van der Waals surface area contributed by atoms with Gasteiger partial charge in [-0.2, -0.15) is 0 Å². The molecule has 0 saturated heterocycles. The summed E-state index contributed by atoms with van der Waals surface area (Å²) in [5.41, 5.74) is 0.886. The Morgan fingerprint density at radius 3 is 3.04 bits per heavy atom. The van der Waals surface area contributed by atoms with Gasteiger partial charge in [0.2, 0.25) is 5.91 Å². The van der Waals surface area contributed by atoms with E-state index < -0.39 is 0 Å². The molecule has 6 nitrogen and oxygen atoms in total. The van der Waals surface area contributed by atoms with Crippen molar-refractivity contribution in [1.29, 1.82) is 0 Å². The lowest BCUT2D eigenvalue weighted by Gasteiger charge is -2.06. The SMILES string of the molecule is O=C(CSc1n[nH]c(=O)n1C1CC1)NCCc1cccc(Cl)c1. The monoisotopic (exact) mass is 352 g/mol. The molecule has 1 aromatic heterocycles. The van der Waals surface area contributed by atoms with E-state index in [1.165, 1.54) is 11.8 Å². The first-order chi connectivity index (χ1) is 11.1. The summed E-state index contributed by atoms with van der Waals surface area (Å²) in [6.07, 6.45) is 2.73. The normalized spacial score (nSPS) is 14.0. The van der Waals surface area contributed by atoms with Crippen LogP contribution in [0.2, 0.25) is 5.02 Å². The van der Waals surface area contributed by atoms with Gasteiger partial charge in [-0.3, -0.25) is 9.36 Å². The van der Waals surface area contributed by atoms with Crippen molar-refractivity contribution >= 4 is 29.3 Å². The average molecular weight is 353 g/mol. The molecule has 23 heavy (non-hydrogen) atoms. The Balaban J connectivity index is 1.44. The van der Waals surface area contributed by atoms with E-state index in [4.69, 9.17) is 11.6 Å². The van der Waals surface area contributed by atoms with E-state index in [1.54, 1.807) is 4.57 Å². The zero-order valence-electron chi connectivity index (χ0n) is 12.4. The summed E-state index contributed by atoms with van der Waals surface area (Å²) in [5.74, 6) is 0.168. The number of nitrogens with zero attached hydrogens (tertiary/aromatic N) is 2. The predicted octanol–water partition coefficient (Wildman–Crippen LogP) is 2.01. The standard InChI is InChI=1S/C15H17ClN4O2S/c16-11-3-1-2-10(8-11)6-7-17-13(21)9-23-15-19-18-14(22)20(15)12-4-5-12/h1-3,8,12H,4-7,9H2,(H,17,21)(H,18,22). The van der Waals surface area contributed by atoms with Crippen LogP contribution in [0.25, 0.3) is 0 Å². The Kier molecular flexibility index (Phi) is 5.07. The third kappa shape index (κ3) is 4.39. The molecule has 1 aliphatic rings. The number of carbonyl (C=O) groups is 1. The van der Waals surface area contributed by atoms with Crippen molar-refractivity contribution in [3.63, 3.8) is 0 Å². The number of benzene rings is 1. The molecule has 1 fully saturated rings. The largest absolute Gasteiger partial charge is 0.355 e. The van der Waals surface area contributed by atoms with Gasteiger partial charge >= 0.3 is 5.69 Å². The Morgan fingerprint density at radius 1 is 1.48 bits per heavy atom. The number of amides is 1. The van der Waals surface area contributed by atoms with E-state index >= 15 is 0 Å². The molecule has 0 unspecified atom stereocenters. The summed E-state index contributed by atoms with van der Waals surface area (Å²) in [6, 6.07) is 7.83. The van der Waals surface area contributed by atoms with Gasteiger partial charge in [0.05, 0.1) is 5.75 Å². The minimum Gasteiger partial charge on any atom is -0.355 e. The first-order valence-corrected chi connectivity index (χ1v) is 8.80. The van der Waals surface area contributed by atoms with Crippen LogP contribution in [0, 0.1) is 0 Å². The minimum atomic E-state index is -0.198. The molecule has 2 N–H and O–H groups in total. The number of hydrogen-bond donors (Lipinski definition) is 2. The number of aromatic nitrogens is 3. The molecule has 0 spiro atoms. The van der Waals surface area contributed by atoms with Gasteiger partial charge in [0, 0.05) is 17.6 Å². The molecule has 1 aromatic carbocycles. The summed E-state index contributed by atoms with van der Waals surface area (Å²) in [4.78, 5) is 23.5. The maximum absolute atomic E-state index is 11.9. The van der Waals surface area contributed by atoms with Crippen LogP contribution >= 0.6 is 23.4 Å². The summed E-state index contributed by atoms with van der Waals surface area (Å²) in [6.45, 7) is 0.551. The maximum Gasteiger partial charge on any atom is 0.344 e. The molecule has 0 bridgehead atoms. The molecular weight excluding hydrogens is 336 g/mol. The lowest BCUT2D eigenvalue weighted by Crippen LogP contribution is -2.27. The predicted molar refractivity (Wildman–Crippen MR) is 90.0 cm³/mol. The Hall–Kier alpha value is -1.73. The lowest BCUT2D eigenvalue weighted by molar-refractivity contribution is -0.118. The number of thioether (sulfide) groups is 1. The fourth-order valence-corrected chi connectivity index (χ4v) is 3.32. The smallest absolute Gasteiger partial charge is 0.344 e. The van der Waals surface area contributed by atoms with Gasteiger partial charge < -0.3 is 5.32 Å². The topological polar surface area (TPSA) is 79.8 Å². The number of hydrogen-bond acceptors (Lipinski definition) is 4. The number of rotatable bonds is 7. The van der Waals surface area contributed by atoms with Crippen LogP contribution in [0.3, 0.4) is 0 Å². The van der Waals surface area contributed by atoms with Crippen molar-refractivity contribution in [3.05, 3.63) is 45.3 Å². The van der Waals surface area contributed by atoms with E-state index in [-0.39, 0.29) is 23.4 Å². The van der Waals surface area contributed by atoms with E-state index in [9.17, 15) is 9.59 Å². The lowest BCUT2D eigenvalue weighted by atomic mass is 10.1. The Labute approximate surface area is 142 Å². The third-order valence-corrected chi connectivity index (χ3v) is 4.73. The maximum atomic E-state index is 11.9. The van der Waals surface area contributed by atoms with Gasteiger partial charge in [-0.25, -0.2) is 9.89 Å². The molecule has 0 radical (unpaired) electrons. The van der Waals surface area contributed by atoms with Crippen molar-refractivity contribution < 1.29 is 4.79 Å². The summed E-state index contributed by atoms with van der Waals surface area (Å²) < 4.78 is 1.64. The van der Waals surface area contributed by atoms with Crippen LogP contribution in [0.5, 0.6) is 0 Å². The molecule has 0 atom stereocenters. The van der Waals surface area contributed by atoms with Crippen LogP contribution in [0.15, 0.2) is 34.2 Å². The van der Waals surface area contributed by atoms with E-state index in [1.807, 2.05) is 24.3 Å². The number of nitrogens with one attached hydrogen (secondary N) is 2. The van der Waals surface area contributed by atoms with E-state index in [0.29, 0.717) is 16.7 Å². The second-order valence-corrected chi connectivity index (χ2v) is 6.81. The second kappa shape index (κ2) is 7.23. The zero-order valence-corrected chi connectivity index (χ0v) is 14.0. The van der Waals surface area contributed by atoms with Crippen LogP contribution < -0.4 is 11.0 Å². The van der Waals surface area contributed by atoms with Gasteiger partial charge in [-0.15, -0.1) is 5.10 Å². The highest BCUT2D eigenvalue weighted by molar-refractivity contribution is 7.99. The number of carbonyl (C=O) groups excluding carboxylic acids is 1. The average Bonchev–Trinajstić information content (AvgIpc) is 3.28. The van der Waals surface area contributed by atoms with Crippen LogP contribution in [-0.4, -0.2) is 33.0 Å². The molecule has 1 aliphatic carbocycles. The zero-order chi connectivity index (χ0) is 16.2. The number of H-pyrrole nitrogens is 1. The van der Waals surface area contributed by atoms with Crippen LogP contribution in [0.1, 0.15) is 24.4 Å². The van der Waals surface area contributed by atoms with Crippen molar-refractivity contribution in [1.82, 2.24) is 20.1 Å². The molecule has 1 saturated carbocycles. The van der Waals surface area contributed by atoms with Crippen molar-refractivity contribution in [2.24, 2.45) is 0 Å². The summed E-state index contributed by atoms with van der Waals surface area (Å²) >= 11 is 7.20. The summed E-state index contributed by atoms with van der Waals surface area (Å²) in [5, 5.41) is 10.6. The molecule has 2 aromatic rings. The minimum absolute atomic E-state index is 0.0742. The quantitative estimate of drug-likeness (QED) is 0.747. The van der Waals surface area contributed by atoms with Gasteiger partial charge in [0.1, 0.15) is 0 Å². The van der Waals surface area contributed by atoms with Crippen LogP contribution in [0.4, 0.5) is 0 Å². The molecule has 3 rings (SSSR count). The van der Waals surface area contributed by atoms with Gasteiger partial charge in [0.15, 0.2) is 5.16 Å². The third-order valence-electron chi connectivity index (χ3n) is 3.54. The molecular formula is C15H17ClN4O2S. The highest BCUT2D eigenvalue weighted by Gasteiger charge is 2.28. The molecule has 8 heteroatoms. The van der Waals surface area contributed by atoms with E-state index in [0.717, 1.165) is 24.8 Å². The molecule has 1 heterocycles. The van der Waals surface area contributed by atoms with Gasteiger partial charge in [-0.1, -0.05) is 35.5 Å². The van der Waals surface area contributed by atoms with Crippen molar-refractivity contribution in [3.8, 4) is 0 Å². The first-order valence-electron chi connectivity index (χ1n) is 7.44. The van der Waals surface area contributed by atoms with Gasteiger partial charge in [0.25, 0.3) is 0 Å². The second-order valence-electron chi connectivity index (χ2n) is 5.43. The Morgan fingerprint density at radius 2 is 2.30 bits per heavy atom.